The van der Waals surface area contributed by atoms with Crippen LogP contribution >= 0.6 is 35.3 Å². The Morgan fingerprint density at radius 1 is 2.00 bits per heavy atom. The summed E-state index contributed by atoms with van der Waals surface area (Å²) in [5, 5.41) is 2.46. The zero-order chi connectivity index (χ0) is 7.78. The number of thiazole rings is 1. The molecule has 0 aliphatic rings. The molecule has 1 aromatic heterocycles. The van der Waals surface area contributed by atoms with Gasteiger partial charge in [0.2, 0.25) is 0 Å². The largest absolute Gasteiger partial charge is 0.245 e. The maximum atomic E-state index is 7.06. The average Bonchev–Trinajstić information content (AvgIpc) is 2.11. The number of hydrogen-bond acceptors (Lipinski definition) is 2. The van der Waals surface area contributed by atoms with Crippen LogP contribution in [0.5, 0.6) is 0 Å². The number of nitrogens with zero attached hydrogens (tertiary/aromatic N) is 1. The summed E-state index contributed by atoms with van der Waals surface area (Å²) in [6.07, 6.45) is 0. The second-order valence-corrected chi connectivity index (χ2v) is 2.60. The van der Waals surface area contributed by atoms with Crippen LogP contribution in [0.4, 0.5) is 0 Å². The second kappa shape index (κ2) is 4.09. The molecule has 0 bridgehead atoms. The van der Waals surface area contributed by atoms with Gasteiger partial charge in [0.1, 0.15) is 0 Å². The molecule has 1 rings (SSSR count). The Kier molecular flexibility index (Phi) is 2.71. The number of aryl methyl sites for hydroxylation is 1. The fraction of sp³-hybridized carbons (Fsp3) is 0.400. The molecular weight excluding hydrogens is 177 g/mol. The van der Waals surface area contributed by atoms with Crippen LogP contribution in [0.3, 0.4) is 0 Å². The van der Waals surface area contributed by atoms with E-state index in [9.17, 15) is 0 Å². The van der Waals surface area contributed by atoms with Gasteiger partial charge in [0.15, 0.2) is 0 Å². The topological polar surface area (TPSA) is 12.9 Å². The van der Waals surface area contributed by atoms with Gasteiger partial charge in [-0.3, -0.25) is 0 Å². The number of aromatic nitrogens is 1. The molecule has 4 heteroatoms. The smallest absolute Gasteiger partial charge is 0.0897 e. The van der Waals surface area contributed by atoms with Gasteiger partial charge in [-0.05, 0) is 6.92 Å². The summed E-state index contributed by atoms with van der Waals surface area (Å²) in [6.45, 7) is 1.82. The molecular formula is C5H7Cl2NS. The fourth-order valence-electron chi connectivity index (χ4n) is 0.407. The van der Waals surface area contributed by atoms with Crippen molar-refractivity contribution in [3.05, 3.63) is 16.1 Å². The first-order chi connectivity index (χ1) is 4.50. The first-order valence-corrected chi connectivity index (χ1v) is 3.37. The molecule has 52 valence electrons. The standard InChI is InChI=1S/C5H6ClNS.ClH/c1-4-7-5(2-6)3-8-4;/h3H,2H2,1H3;1H/i2D2;. The van der Waals surface area contributed by atoms with Gasteiger partial charge < -0.3 is 0 Å². The molecule has 0 fully saturated rings. The Bertz CT molecular complexity index is 233. The van der Waals surface area contributed by atoms with E-state index in [2.05, 4.69) is 4.98 Å². The Morgan fingerprint density at radius 3 is 2.89 bits per heavy atom. The van der Waals surface area contributed by atoms with E-state index in [1.54, 1.807) is 5.38 Å². The van der Waals surface area contributed by atoms with Crippen LogP contribution in [0.1, 0.15) is 13.4 Å². The highest BCUT2D eigenvalue weighted by molar-refractivity contribution is 7.09. The van der Waals surface area contributed by atoms with Crippen LogP contribution in [0, 0.1) is 6.92 Å². The van der Waals surface area contributed by atoms with Crippen LogP contribution in [-0.4, -0.2) is 4.98 Å². The molecule has 0 amide bonds. The summed E-state index contributed by atoms with van der Waals surface area (Å²) >= 11 is 6.75. The van der Waals surface area contributed by atoms with Crippen molar-refractivity contribution in [2.24, 2.45) is 0 Å². The Hall–Kier alpha value is 0.210. The number of alkyl halides is 1. The van der Waals surface area contributed by atoms with E-state index in [1.807, 2.05) is 6.92 Å². The van der Waals surface area contributed by atoms with Crippen LogP contribution in [0.2, 0.25) is 0 Å². The third-order valence-corrected chi connectivity index (χ3v) is 1.68. The summed E-state index contributed by atoms with van der Waals surface area (Å²) in [7, 11) is 0. The van der Waals surface area contributed by atoms with E-state index in [-0.39, 0.29) is 12.4 Å². The quantitative estimate of drug-likeness (QED) is 0.614. The number of rotatable bonds is 1. The van der Waals surface area contributed by atoms with Crippen molar-refractivity contribution in [2.75, 3.05) is 0 Å². The third-order valence-electron chi connectivity index (χ3n) is 0.716. The van der Waals surface area contributed by atoms with Gasteiger partial charge in [0.05, 0.1) is 19.3 Å². The minimum atomic E-state index is -1.81. The van der Waals surface area contributed by atoms with Crippen LogP contribution in [0.15, 0.2) is 5.38 Å². The zero-order valence-corrected chi connectivity index (χ0v) is 7.11. The van der Waals surface area contributed by atoms with E-state index < -0.39 is 5.83 Å². The van der Waals surface area contributed by atoms with Crippen molar-refractivity contribution < 1.29 is 2.74 Å². The van der Waals surface area contributed by atoms with E-state index in [1.165, 1.54) is 11.3 Å². The van der Waals surface area contributed by atoms with Crippen LogP contribution < -0.4 is 0 Å². The van der Waals surface area contributed by atoms with Crippen molar-refractivity contribution in [2.45, 2.75) is 12.8 Å². The predicted molar refractivity (Wildman–Crippen MR) is 43.7 cm³/mol. The van der Waals surface area contributed by atoms with Gasteiger partial charge in [0, 0.05) is 5.38 Å². The first-order valence-electron chi connectivity index (χ1n) is 3.11. The molecule has 0 aromatic carbocycles. The molecule has 1 aromatic rings. The minimum absolute atomic E-state index is 0. The highest BCUT2D eigenvalue weighted by atomic mass is 35.5. The van der Waals surface area contributed by atoms with Gasteiger partial charge in [-0.25, -0.2) is 4.98 Å². The van der Waals surface area contributed by atoms with Crippen molar-refractivity contribution in [3.8, 4) is 0 Å². The van der Waals surface area contributed by atoms with Gasteiger partial charge >= 0.3 is 0 Å². The first kappa shape index (κ1) is 5.96. The highest BCUT2D eigenvalue weighted by Gasteiger charge is 1.92. The van der Waals surface area contributed by atoms with Crippen molar-refractivity contribution in [1.82, 2.24) is 4.98 Å². The lowest BCUT2D eigenvalue weighted by molar-refractivity contribution is 1.17. The van der Waals surface area contributed by atoms with Crippen LogP contribution in [-0.2, 0) is 5.83 Å². The summed E-state index contributed by atoms with van der Waals surface area (Å²) in [5.74, 6) is -1.81. The summed E-state index contributed by atoms with van der Waals surface area (Å²) < 4.78 is 14.1. The Morgan fingerprint density at radius 2 is 2.67 bits per heavy atom. The molecule has 1 heterocycles. The van der Waals surface area contributed by atoms with Crippen molar-refractivity contribution >= 4 is 35.3 Å². The zero-order valence-electron chi connectivity index (χ0n) is 6.72. The summed E-state index contributed by atoms with van der Waals surface area (Å²) in [5.41, 5.74) is 0.302. The molecule has 0 aliphatic carbocycles. The molecule has 1 nitrogen and oxygen atoms in total. The fourth-order valence-corrected chi connectivity index (χ4v) is 1.11. The monoisotopic (exact) mass is 185 g/mol. The SMILES string of the molecule is Cl.[2H]C([2H])(Cl)c1csc(C)n1. The van der Waals surface area contributed by atoms with E-state index in [0.29, 0.717) is 5.69 Å². The molecule has 0 saturated carbocycles. The van der Waals surface area contributed by atoms with Crippen LogP contribution in [0.25, 0.3) is 0 Å². The average molecular weight is 186 g/mol. The summed E-state index contributed by atoms with van der Waals surface area (Å²) in [4.78, 5) is 3.89. The van der Waals surface area contributed by atoms with Gasteiger partial charge in [-0.15, -0.1) is 35.3 Å². The van der Waals surface area contributed by atoms with E-state index in [0.717, 1.165) is 5.01 Å². The maximum Gasteiger partial charge on any atom is 0.0897 e. The predicted octanol–water partition coefficient (Wildman–Crippen LogP) is 2.61. The van der Waals surface area contributed by atoms with Crippen molar-refractivity contribution in [1.29, 1.82) is 0 Å². The van der Waals surface area contributed by atoms with Crippen molar-refractivity contribution in [3.63, 3.8) is 0 Å². The highest BCUT2D eigenvalue weighted by Crippen LogP contribution is 2.08. The normalized spacial score (nSPS) is 13.6. The lowest BCUT2D eigenvalue weighted by atomic mass is 10.6. The molecule has 0 aliphatic heterocycles. The molecule has 0 spiro atoms. The molecule has 0 saturated heterocycles. The Labute approximate surface area is 72.3 Å². The van der Waals surface area contributed by atoms with Gasteiger partial charge in [-0.1, -0.05) is 0 Å². The number of hydrogen-bond donors (Lipinski definition) is 0. The molecule has 0 atom stereocenters. The maximum absolute atomic E-state index is 7.06. The van der Waals surface area contributed by atoms with E-state index in [4.69, 9.17) is 14.3 Å². The van der Waals surface area contributed by atoms with Gasteiger partial charge in [-0.2, -0.15) is 0 Å². The molecule has 0 unspecified atom stereocenters. The molecule has 0 N–H and O–H groups in total. The second-order valence-electron chi connectivity index (χ2n) is 1.35. The lowest BCUT2D eigenvalue weighted by Gasteiger charge is -1.77. The Balaban J connectivity index is 0.000001000. The molecule has 9 heavy (non-hydrogen) atoms. The third kappa shape index (κ3) is 2.52. The summed E-state index contributed by atoms with van der Waals surface area (Å²) in [6, 6.07) is 0. The lowest BCUT2D eigenvalue weighted by Crippen LogP contribution is -1.74. The van der Waals surface area contributed by atoms with E-state index >= 15 is 0 Å². The number of halogens is 2. The minimum Gasteiger partial charge on any atom is -0.245 e. The molecule has 0 radical (unpaired) electrons. The van der Waals surface area contributed by atoms with Gasteiger partial charge in [0.25, 0.3) is 0 Å².